The zero-order valence-electron chi connectivity index (χ0n) is 11.7. The Labute approximate surface area is 124 Å². The van der Waals surface area contributed by atoms with E-state index in [2.05, 4.69) is 20.8 Å². The Kier molecular flexibility index (Phi) is 6.90. The Morgan fingerprint density at radius 3 is 3.00 bits per heavy atom. The molecule has 114 valence electrons. The van der Waals surface area contributed by atoms with Crippen LogP contribution in [0.1, 0.15) is 25.6 Å². The van der Waals surface area contributed by atoms with Gasteiger partial charge in [-0.05, 0) is 6.92 Å². The fourth-order valence-corrected chi connectivity index (χ4v) is 1.97. The number of hydrogen-bond acceptors (Lipinski definition) is 6. The first-order valence-electron chi connectivity index (χ1n) is 6.65. The van der Waals surface area contributed by atoms with Gasteiger partial charge in [-0.25, -0.2) is 0 Å². The van der Waals surface area contributed by atoms with Crippen molar-refractivity contribution in [2.24, 2.45) is 0 Å². The number of carbonyl (C=O) groups excluding carboxylic acids is 1. The summed E-state index contributed by atoms with van der Waals surface area (Å²) in [6, 6.07) is -0.287. The maximum absolute atomic E-state index is 11.9. The molecule has 0 saturated carbocycles. The van der Waals surface area contributed by atoms with Crippen LogP contribution < -0.4 is 10.6 Å². The minimum absolute atomic E-state index is 0. The number of hydrogen-bond donors (Lipinski definition) is 2. The van der Waals surface area contributed by atoms with Crippen molar-refractivity contribution >= 4 is 18.3 Å². The number of amides is 1. The van der Waals surface area contributed by atoms with Crippen LogP contribution >= 0.6 is 12.4 Å². The third-order valence-electron chi connectivity index (χ3n) is 3.06. The summed E-state index contributed by atoms with van der Waals surface area (Å²) in [4.78, 5) is 16.1. The van der Waals surface area contributed by atoms with Crippen LogP contribution in [0.5, 0.6) is 0 Å². The highest BCUT2D eigenvalue weighted by Crippen LogP contribution is 2.04. The molecule has 1 fully saturated rings. The summed E-state index contributed by atoms with van der Waals surface area (Å²) in [5.74, 6) is 1.20. The van der Waals surface area contributed by atoms with Crippen molar-refractivity contribution in [1.82, 2.24) is 20.8 Å². The first-order chi connectivity index (χ1) is 9.20. The van der Waals surface area contributed by atoms with Gasteiger partial charge in [0.25, 0.3) is 0 Å². The van der Waals surface area contributed by atoms with Gasteiger partial charge < -0.3 is 19.9 Å². The number of halogens is 1. The monoisotopic (exact) mass is 304 g/mol. The molecule has 1 aromatic heterocycles. The van der Waals surface area contributed by atoms with E-state index in [1.54, 1.807) is 0 Å². The Bertz CT molecular complexity index is 427. The Morgan fingerprint density at radius 2 is 2.35 bits per heavy atom. The number of nitrogens with one attached hydrogen (secondary N) is 2. The second-order valence-corrected chi connectivity index (χ2v) is 4.51. The Hall–Kier alpha value is -1.18. The summed E-state index contributed by atoms with van der Waals surface area (Å²) in [7, 11) is 0. The number of morpholine rings is 1. The first-order valence-corrected chi connectivity index (χ1v) is 6.65. The largest absolute Gasteiger partial charge is 0.375 e. The highest BCUT2D eigenvalue weighted by Gasteiger charge is 2.27. The molecule has 2 rings (SSSR count). The third-order valence-corrected chi connectivity index (χ3v) is 3.06. The van der Waals surface area contributed by atoms with Gasteiger partial charge in [0.2, 0.25) is 11.8 Å². The molecule has 1 saturated heterocycles. The summed E-state index contributed by atoms with van der Waals surface area (Å²) in [5.41, 5.74) is 0. The van der Waals surface area contributed by atoms with Gasteiger partial charge in [-0.1, -0.05) is 12.1 Å². The molecule has 1 aromatic rings. The summed E-state index contributed by atoms with van der Waals surface area (Å²) in [5, 5.41) is 9.83. The van der Waals surface area contributed by atoms with E-state index >= 15 is 0 Å². The normalized spacial score (nSPS) is 22.1. The number of aromatic nitrogens is 2. The predicted octanol–water partition coefficient (Wildman–Crippen LogP) is 0.0894. The minimum atomic E-state index is -0.287. The van der Waals surface area contributed by atoms with Gasteiger partial charge in [0.1, 0.15) is 6.04 Å². The highest BCUT2D eigenvalue weighted by molar-refractivity contribution is 5.85. The van der Waals surface area contributed by atoms with Gasteiger partial charge >= 0.3 is 0 Å². The molecule has 1 aliphatic heterocycles. The molecule has 0 aliphatic carbocycles. The molecule has 0 aromatic carbocycles. The van der Waals surface area contributed by atoms with Gasteiger partial charge in [0.05, 0.1) is 12.7 Å². The summed E-state index contributed by atoms with van der Waals surface area (Å²) >= 11 is 0. The molecule has 0 spiro atoms. The van der Waals surface area contributed by atoms with E-state index in [4.69, 9.17) is 9.26 Å². The van der Waals surface area contributed by atoms with Gasteiger partial charge in [-0.15, -0.1) is 12.4 Å². The second-order valence-electron chi connectivity index (χ2n) is 4.51. The average Bonchev–Trinajstić information content (AvgIpc) is 2.87. The Balaban J connectivity index is 0.00000200. The number of rotatable bonds is 5. The van der Waals surface area contributed by atoms with Gasteiger partial charge in [-0.3, -0.25) is 4.79 Å². The van der Waals surface area contributed by atoms with Gasteiger partial charge in [-0.2, -0.15) is 4.98 Å². The smallest absolute Gasteiger partial charge is 0.239 e. The van der Waals surface area contributed by atoms with Crippen molar-refractivity contribution in [3.8, 4) is 0 Å². The zero-order chi connectivity index (χ0) is 13.7. The highest BCUT2D eigenvalue weighted by atomic mass is 35.5. The van der Waals surface area contributed by atoms with E-state index in [0.717, 1.165) is 6.42 Å². The fraction of sp³-hybridized carbons (Fsp3) is 0.750. The van der Waals surface area contributed by atoms with E-state index in [0.29, 0.717) is 37.8 Å². The predicted molar refractivity (Wildman–Crippen MR) is 74.8 cm³/mol. The lowest BCUT2D eigenvalue weighted by atomic mass is 10.1. The quantitative estimate of drug-likeness (QED) is 0.801. The van der Waals surface area contributed by atoms with Crippen molar-refractivity contribution in [1.29, 1.82) is 0 Å². The summed E-state index contributed by atoms with van der Waals surface area (Å²) in [6.07, 6.45) is 1.18. The van der Waals surface area contributed by atoms with Crippen LogP contribution in [-0.2, 0) is 22.4 Å². The van der Waals surface area contributed by atoms with Crippen LogP contribution in [0, 0.1) is 0 Å². The van der Waals surface area contributed by atoms with Crippen LogP contribution in [0.2, 0.25) is 0 Å². The molecular weight excluding hydrogens is 284 g/mol. The molecule has 1 aliphatic rings. The summed E-state index contributed by atoms with van der Waals surface area (Å²) < 4.78 is 10.4. The Morgan fingerprint density at radius 1 is 1.55 bits per heavy atom. The van der Waals surface area contributed by atoms with Crippen molar-refractivity contribution in [2.75, 3.05) is 19.7 Å². The fourth-order valence-electron chi connectivity index (χ4n) is 1.97. The molecule has 2 heterocycles. The van der Waals surface area contributed by atoms with Crippen LogP contribution in [0.25, 0.3) is 0 Å². The lowest BCUT2D eigenvalue weighted by Crippen LogP contribution is -2.55. The van der Waals surface area contributed by atoms with Crippen LogP contribution in [0.15, 0.2) is 4.52 Å². The van der Waals surface area contributed by atoms with Crippen molar-refractivity contribution in [3.63, 3.8) is 0 Å². The van der Waals surface area contributed by atoms with E-state index in [1.807, 2.05) is 13.8 Å². The lowest BCUT2D eigenvalue weighted by Gasteiger charge is -2.29. The van der Waals surface area contributed by atoms with Crippen molar-refractivity contribution in [2.45, 2.75) is 38.8 Å². The molecule has 8 heteroatoms. The average molecular weight is 305 g/mol. The van der Waals surface area contributed by atoms with Gasteiger partial charge in [0, 0.05) is 25.9 Å². The minimum Gasteiger partial charge on any atom is -0.375 e. The molecular formula is C12H21ClN4O3. The number of nitrogens with zero attached hydrogens (tertiary/aromatic N) is 2. The number of ether oxygens (including phenoxy) is 1. The van der Waals surface area contributed by atoms with Crippen LogP contribution in [0.3, 0.4) is 0 Å². The molecule has 1 amide bonds. The summed E-state index contributed by atoms with van der Waals surface area (Å²) in [6.45, 7) is 5.69. The zero-order valence-corrected chi connectivity index (χ0v) is 12.5. The molecule has 2 N–H and O–H groups in total. The maximum Gasteiger partial charge on any atom is 0.239 e. The van der Waals surface area contributed by atoms with E-state index in [-0.39, 0.29) is 30.5 Å². The number of carbonyl (C=O) groups is 1. The van der Waals surface area contributed by atoms with Gasteiger partial charge in [0.15, 0.2) is 5.82 Å². The van der Waals surface area contributed by atoms with Crippen LogP contribution in [0.4, 0.5) is 0 Å². The van der Waals surface area contributed by atoms with Crippen LogP contribution in [-0.4, -0.2) is 47.9 Å². The first kappa shape index (κ1) is 16.9. The molecule has 0 radical (unpaired) electrons. The molecule has 0 bridgehead atoms. The van der Waals surface area contributed by atoms with Crippen molar-refractivity contribution in [3.05, 3.63) is 11.7 Å². The third kappa shape index (κ3) is 4.43. The second kappa shape index (κ2) is 8.18. The van der Waals surface area contributed by atoms with E-state index in [9.17, 15) is 4.79 Å². The van der Waals surface area contributed by atoms with Crippen molar-refractivity contribution < 1.29 is 14.1 Å². The molecule has 0 unspecified atom stereocenters. The van der Waals surface area contributed by atoms with E-state index in [1.165, 1.54) is 0 Å². The topological polar surface area (TPSA) is 89.3 Å². The molecule has 20 heavy (non-hydrogen) atoms. The van der Waals surface area contributed by atoms with E-state index < -0.39 is 0 Å². The lowest BCUT2D eigenvalue weighted by molar-refractivity contribution is -0.128. The standard InChI is InChI=1S/C12H20N4O3.ClH/c1-3-10-15-9(16-19-10)4-5-14-12(17)11-8(2)18-7-6-13-11;/h8,11,13H,3-7H2,1-2H3,(H,14,17);1H/t8-,11+;/m1./s1. The maximum atomic E-state index is 11.9. The number of aryl methyl sites for hydroxylation is 1. The molecule has 2 atom stereocenters. The molecule has 7 nitrogen and oxygen atoms in total. The SMILES string of the molecule is CCc1nc(CCNC(=O)[C@H]2NCCO[C@@H]2C)no1.Cl.